The normalized spacial score (nSPS) is 17.8. The second-order valence-electron chi connectivity index (χ2n) is 11.9. The van der Waals surface area contributed by atoms with Crippen LogP contribution < -0.4 is 16.4 Å². The highest BCUT2D eigenvalue weighted by Gasteiger charge is 2.42. The highest BCUT2D eigenvalue weighted by atomic mass is 32.2. The molecule has 3 aromatic rings. The summed E-state index contributed by atoms with van der Waals surface area (Å²) < 4.78 is 41.2. The van der Waals surface area contributed by atoms with E-state index in [1.807, 2.05) is 60.7 Å². The van der Waals surface area contributed by atoms with Crippen molar-refractivity contribution in [3.8, 4) is 0 Å². The lowest BCUT2D eigenvalue weighted by Crippen LogP contribution is -2.64. The van der Waals surface area contributed by atoms with E-state index >= 15 is 0 Å². The lowest BCUT2D eigenvalue weighted by molar-refractivity contribution is -0.132. The first-order valence-corrected chi connectivity index (χ1v) is 16.4. The number of carbonyl (C=O) groups excluding carboxylic acids is 2. The molecule has 0 radical (unpaired) electrons. The van der Waals surface area contributed by atoms with Gasteiger partial charge < -0.3 is 16.4 Å². The van der Waals surface area contributed by atoms with E-state index in [1.165, 1.54) is 28.6 Å². The van der Waals surface area contributed by atoms with Gasteiger partial charge >= 0.3 is 0 Å². The summed E-state index contributed by atoms with van der Waals surface area (Å²) in [6.45, 7) is 6.13. The van der Waals surface area contributed by atoms with Gasteiger partial charge in [-0.15, -0.1) is 0 Å². The summed E-state index contributed by atoms with van der Waals surface area (Å²) in [4.78, 5) is 28.4. The number of benzene rings is 3. The van der Waals surface area contributed by atoms with Crippen LogP contribution in [-0.2, 0) is 32.6 Å². The van der Waals surface area contributed by atoms with Crippen LogP contribution in [0.5, 0.6) is 0 Å². The van der Waals surface area contributed by atoms with Gasteiger partial charge in [0.25, 0.3) is 0 Å². The van der Waals surface area contributed by atoms with Crippen molar-refractivity contribution in [2.75, 3.05) is 24.3 Å². The molecule has 4 rings (SSSR count). The monoisotopic (exact) mass is 623 g/mol. The van der Waals surface area contributed by atoms with Crippen LogP contribution in [-0.4, -0.2) is 66.0 Å². The molecule has 0 unspecified atom stereocenters. The predicted octanol–water partition coefficient (Wildman–Crippen LogP) is 3.73. The van der Waals surface area contributed by atoms with Gasteiger partial charge in [0.05, 0.1) is 5.54 Å². The molecule has 0 aromatic heterocycles. The second kappa shape index (κ2) is 14.4. The van der Waals surface area contributed by atoms with Crippen molar-refractivity contribution in [2.24, 2.45) is 11.7 Å². The Morgan fingerprint density at radius 2 is 1.52 bits per heavy atom. The molecular formula is C33H42FN5O4S. The Morgan fingerprint density at radius 3 is 2.11 bits per heavy atom. The van der Waals surface area contributed by atoms with Gasteiger partial charge in [-0.25, -0.2) is 12.8 Å². The van der Waals surface area contributed by atoms with Crippen molar-refractivity contribution in [3.63, 3.8) is 0 Å². The van der Waals surface area contributed by atoms with E-state index in [1.54, 1.807) is 25.7 Å². The second-order valence-corrected chi connectivity index (χ2v) is 13.9. The molecule has 11 heteroatoms. The first-order chi connectivity index (χ1) is 20.8. The van der Waals surface area contributed by atoms with E-state index in [0.717, 1.165) is 11.1 Å². The Kier molecular flexibility index (Phi) is 10.9. The minimum absolute atomic E-state index is 0.265. The smallest absolute Gasteiger partial charge is 0.240 e. The SMILES string of the molecule is C[C@H](C[C@H](N)[C@H](Cc1ccccc1)NC(=O)C(C)(C)N1CCN(Cc2ccccc2)S(=O)(=O)C1)C(=O)Nc1ccc(F)cc1. The van der Waals surface area contributed by atoms with E-state index in [2.05, 4.69) is 10.6 Å². The molecule has 0 aliphatic carbocycles. The van der Waals surface area contributed by atoms with Crippen molar-refractivity contribution >= 4 is 27.5 Å². The van der Waals surface area contributed by atoms with Gasteiger partial charge in [0.1, 0.15) is 11.7 Å². The van der Waals surface area contributed by atoms with Crippen LogP contribution in [0.2, 0.25) is 0 Å². The molecule has 0 saturated carbocycles. The molecule has 1 aliphatic rings. The number of sulfonamides is 1. The summed E-state index contributed by atoms with van der Waals surface area (Å²) >= 11 is 0. The zero-order chi connectivity index (χ0) is 31.9. The van der Waals surface area contributed by atoms with Crippen LogP contribution in [0.15, 0.2) is 84.9 Å². The van der Waals surface area contributed by atoms with Crippen molar-refractivity contribution in [3.05, 3.63) is 102 Å². The molecule has 3 aromatic carbocycles. The van der Waals surface area contributed by atoms with E-state index < -0.39 is 39.4 Å². The lowest BCUT2D eigenvalue weighted by atomic mass is 9.91. The number of rotatable bonds is 12. The molecular weight excluding hydrogens is 581 g/mol. The van der Waals surface area contributed by atoms with Crippen LogP contribution in [0.3, 0.4) is 0 Å². The average Bonchev–Trinajstić information content (AvgIpc) is 2.99. The van der Waals surface area contributed by atoms with E-state index in [0.29, 0.717) is 18.7 Å². The summed E-state index contributed by atoms with van der Waals surface area (Å²) in [5.74, 6) is -1.79. The minimum atomic E-state index is -3.65. The number of halogens is 1. The van der Waals surface area contributed by atoms with Gasteiger partial charge in [-0.2, -0.15) is 4.31 Å². The standard InChI is InChI=1S/C33H42FN5O4S/c1-24(31(40)36-28-16-14-27(34)15-17-28)20-29(35)30(21-25-10-6-4-7-11-25)37-32(41)33(2,3)38-18-19-39(44(42,43)23-38)22-26-12-8-5-9-13-26/h4-17,24,29-30H,18-23,35H2,1-3H3,(H,36,40)(H,37,41)/t24-,29+,30+/m1/s1. The molecule has 236 valence electrons. The average molecular weight is 624 g/mol. The first kappa shape index (κ1) is 33.3. The van der Waals surface area contributed by atoms with Crippen molar-refractivity contribution in [2.45, 2.75) is 57.8 Å². The van der Waals surface area contributed by atoms with Crippen molar-refractivity contribution < 1.29 is 22.4 Å². The third kappa shape index (κ3) is 8.72. The molecule has 1 saturated heterocycles. The molecule has 1 heterocycles. The number of hydrogen-bond donors (Lipinski definition) is 3. The Hall–Kier alpha value is -3.64. The molecule has 4 N–H and O–H groups in total. The zero-order valence-electron chi connectivity index (χ0n) is 25.4. The van der Waals surface area contributed by atoms with Gasteiger partial charge in [0.2, 0.25) is 21.8 Å². The maximum Gasteiger partial charge on any atom is 0.240 e. The van der Waals surface area contributed by atoms with Gasteiger partial charge in [-0.05, 0) is 62.1 Å². The molecule has 9 nitrogen and oxygen atoms in total. The van der Waals surface area contributed by atoms with Crippen LogP contribution in [0.25, 0.3) is 0 Å². The van der Waals surface area contributed by atoms with E-state index in [9.17, 15) is 22.4 Å². The number of hydrogen-bond acceptors (Lipinski definition) is 6. The maximum absolute atomic E-state index is 13.8. The maximum atomic E-state index is 13.8. The fourth-order valence-corrected chi connectivity index (χ4v) is 6.98. The molecule has 3 atom stereocenters. The third-order valence-corrected chi connectivity index (χ3v) is 9.93. The van der Waals surface area contributed by atoms with Crippen LogP contribution in [0.1, 0.15) is 38.3 Å². The number of carbonyl (C=O) groups is 2. The number of nitrogens with one attached hydrogen (secondary N) is 2. The molecule has 1 aliphatic heterocycles. The molecule has 44 heavy (non-hydrogen) atoms. The topological polar surface area (TPSA) is 125 Å². The quantitative estimate of drug-likeness (QED) is 0.283. The summed E-state index contributed by atoms with van der Waals surface area (Å²) in [6.07, 6.45) is 0.705. The lowest BCUT2D eigenvalue weighted by Gasteiger charge is -2.43. The number of anilines is 1. The first-order valence-electron chi connectivity index (χ1n) is 14.8. The highest BCUT2D eigenvalue weighted by molar-refractivity contribution is 7.89. The summed E-state index contributed by atoms with van der Waals surface area (Å²) in [5.41, 5.74) is 7.86. The van der Waals surface area contributed by atoms with Gasteiger partial charge in [-0.3, -0.25) is 14.5 Å². The minimum Gasteiger partial charge on any atom is -0.350 e. The van der Waals surface area contributed by atoms with Gasteiger partial charge in [0, 0.05) is 43.3 Å². The summed E-state index contributed by atoms with van der Waals surface area (Å²) in [7, 11) is -3.65. The Balaban J connectivity index is 1.43. The molecule has 0 bridgehead atoms. The molecule has 1 fully saturated rings. The zero-order valence-corrected chi connectivity index (χ0v) is 26.3. The van der Waals surface area contributed by atoms with Crippen LogP contribution >= 0.6 is 0 Å². The number of nitrogens with zero attached hydrogens (tertiary/aromatic N) is 2. The van der Waals surface area contributed by atoms with Crippen molar-refractivity contribution in [1.82, 2.24) is 14.5 Å². The van der Waals surface area contributed by atoms with E-state index in [4.69, 9.17) is 5.73 Å². The Bertz CT molecular complexity index is 1500. The fourth-order valence-electron chi connectivity index (χ4n) is 5.26. The summed E-state index contributed by atoms with van der Waals surface area (Å²) in [6, 6.07) is 23.4. The van der Waals surface area contributed by atoms with E-state index in [-0.39, 0.29) is 37.2 Å². The Labute approximate surface area is 259 Å². The van der Waals surface area contributed by atoms with Gasteiger partial charge in [-0.1, -0.05) is 67.6 Å². The third-order valence-electron chi connectivity index (χ3n) is 8.20. The van der Waals surface area contributed by atoms with Gasteiger partial charge in [0.15, 0.2) is 0 Å². The molecule has 0 spiro atoms. The summed E-state index contributed by atoms with van der Waals surface area (Å²) in [5, 5.41) is 5.88. The number of amides is 2. The Morgan fingerprint density at radius 1 is 0.932 bits per heavy atom. The predicted molar refractivity (Wildman–Crippen MR) is 170 cm³/mol. The van der Waals surface area contributed by atoms with Crippen molar-refractivity contribution in [1.29, 1.82) is 0 Å². The fraction of sp³-hybridized carbons (Fsp3) is 0.394. The molecule has 2 amide bonds. The largest absolute Gasteiger partial charge is 0.350 e. The highest BCUT2D eigenvalue weighted by Crippen LogP contribution is 2.24. The van der Waals surface area contributed by atoms with Crippen LogP contribution in [0, 0.1) is 11.7 Å². The number of nitrogens with two attached hydrogens (primary N) is 1. The van der Waals surface area contributed by atoms with Crippen LogP contribution in [0.4, 0.5) is 10.1 Å².